The average molecular weight is 821 g/mol. The molecule has 0 aliphatic heterocycles. The molecule has 0 atom stereocenters. The number of rotatable bonds is 4. The maximum Gasteiger partial charge on any atom is 0.164 e. The zero-order chi connectivity index (χ0) is 41.2. The molecule has 4 heterocycles. The molecule has 4 aromatic heterocycles. The summed E-state index contributed by atoms with van der Waals surface area (Å²) in [6.07, 6.45) is 0. The maximum absolute atomic E-state index is 6.75. The van der Waals surface area contributed by atoms with Gasteiger partial charge in [-0.05, 0) is 81.5 Å². The second-order valence-corrected chi connectivity index (χ2v) is 17.4. The van der Waals surface area contributed by atoms with Crippen LogP contribution in [0.3, 0.4) is 0 Å². The van der Waals surface area contributed by atoms with Gasteiger partial charge in [-0.2, -0.15) is 0 Å². The third kappa shape index (κ3) is 5.19. The van der Waals surface area contributed by atoms with Crippen LogP contribution >= 0.6 is 11.3 Å². The molecule has 0 unspecified atom stereocenters. The van der Waals surface area contributed by atoms with Gasteiger partial charge in [0, 0.05) is 69.5 Å². The standard InChI is InChI=1S/C57H32N4OS/c1-2-12-35(13-3-1)55-58-56(60-57(59-55)44-18-10-20-51-53(44)43-17-8-9-19-50(43)63-51)38-23-27-42-49(31-38)62-48-28-24-34-21-25-39(32-45(34)52(42)48)61-47-30-37-15-5-4-14-36(37)29-46(47)41-26-22-33-11-6-7-16-40(33)54(41)61/h1-32H. The van der Waals surface area contributed by atoms with Crippen LogP contribution in [0.15, 0.2) is 199 Å². The van der Waals surface area contributed by atoms with Gasteiger partial charge in [0.25, 0.3) is 0 Å². The summed E-state index contributed by atoms with van der Waals surface area (Å²) in [7, 11) is 0. The largest absolute Gasteiger partial charge is 0.456 e. The number of thiophene rings is 1. The Morgan fingerprint density at radius 2 is 1.06 bits per heavy atom. The van der Waals surface area contributed by atoms with E-state index in [9.17, 15) is 0 Å². The zero-order valence-electron chi connectivity index (χ0n) is 33.6. The molecular formula is C57H32N4OS. The second kappa shape index (κ2) is 13.2. The zero-order valence-corrected chi connectivity index (χ0v) is 34.4. The predicted molar refractivity (Wildman–Crippen MR) is 263 cm³/mol. The van der Waals surface area contributed by atoms with Crippen molar-refractivity contribution in [3.8, 4) is 39.9 Å². The van der Waals surface area contributed by atoms with Crippen molar-refractivity contribution >= 4 is 108 Å². The Balaban J connectivity index is 0.973. The molecule has 0 saturated heterocycles. The molecule has 0 radical (unpaired) electrons. The fourth-order valence-corrected chi connectivity index (χ4v) is 11.0. The van der Waals surface area contributed by atoms with Crippen LogP contribution in [0.2, 0.25) is 0 Å². The van der Waals surface area contributed by atoms with E-state index in [4.69, 9.17) is 19.4 Å². The van der Waals surface area contributed by atoms with Crippen LogP contribution in [0, 0.1) is 0 Å². The first kappa shape index (κ1) is 34.5. The minimum absolute atomic E-state index is 0.594. The Morgan fingerprint density at radius 3 is 1.95 bits per heavy atom. The second-order valence-electron chi connectivity index (χ2n) is 16.3. The van der Waals surface area contributed by atoms with Gasteiger partial charge in [0.2, 0.25) is 0 Å². The van der Waals surface area contributed by atoms with E-state index < -0.39 is 0 Å². The van der Waals surface area contributed by atoms with Gasteiger partial charge in [0.1, 0.15) is 11.2 Å². The van der Waals surface area contributed by atoms with E-state index in [0.29, 0.717) is 17.5 Å². The van der Waals surface area contributed by atoms with Crippen molar-refractivity contribution in [1.82, 2.24) is 19.5 Å². The van der Waals surface area contributed by atoms with E-state index >= 15 is 0 Å². The lowest BCUT2D eigenvalue weighted by Crippen LogP contribution is -2.00. The molecule has 63 heavy (non-hydrogen) atoms. The molecule has 14 aromatic rings. The highest BCUT2D eigenvalue weighted by Gasteiger charge is 2.20. The van der Waals surface area contributed by atoms with E-state index in [0.717, 1.165) is 60.5 Å². The average Bonchev–Trinajstić information content (AvgIpc) is 4.02. The fraction of sp³-hybridized carbons (Fsp3) is 0. The number of fused-ring (bicyclic) bond motifs is 14. The quantitative estimate of drug-likeness (QED) is 0.177. The van der Waals surface area contributed by atoms with E-state index in [1.54, 1.807) is 11.3 Å². The molecule has 0 saturated carbocycles. The van der Waals surface area contributed by atoms with Crippen LogP contribution in [0.5, 0.6) is 0 Å². The van der Waals surface area contributed by atoms with E-state index in [-0.39, 0.29) is 0 Å². The lowest BCUT2D eigenvalue weighted by Gasteiger charge is -2.12. The number of hydrogen-bond donors (Lipinski definition) is 0. The lowest BCUT2D eigenvalue weighted by atomic mass is 10.0. The summed E-state index contributed by atoms with van der Waals surface area (Å²) in [6, 6.07) is 69.2. The maximum atomic E-state index is 6.75. The van der Waals surface area contributed by atoms with Crippen LogP contribution < -0.4 is 0 Å². The van der Waals surface area contributed by atoms with Crippen LogP contribution in [0.25, 0.3) is 136 Å². The Hall–Kier alpha value is -8.19. The normalized spacial score (nSPS) is 12.1. The Labute approximate surface area is 363 Å². The highest BCUT2D eigenvalue weighted by Crippen LogP contribution is 2.43. The van der Waals surface area contributed by atoms with Gasteiger partial charge in [0.05, 0.1) is 11.0 Å². The van der Waals surface area contributed by atoms with E-state index in [1.807, 2.05) is 18.2 Å². The van der Waals surface area contributed by atoms with Crippen molar-refractivity contribution in [2.24, 2.45) is 0 Å². The Morgan fingerprint density at radius 1 is 0.381 bits per heavy atom. The Bertz CT molecular complexity index is 4220. The van der Waals surface area contributed by atoms with Gasteiger partial charge >= 0.3 is 0 Å². The van der Waals surface area contributed by atoms with Crippen molar-refractivity contribution in [2.75, 3.05) is 0 Å². The molecule has 292 valence electrons. The van der Waals surface area contributed by atoms with Gasteiger partial charge in [-0.3, -0.25) is 0 Å². The van der Waals surface area contributed by atoms with Gasteiger partial charge in [-0.25, -0.2) is 15.0 Å². The lowest BCUT2D eigenvalue weighted by molar-refractivity contribution is 0.669. The molecular weight excluding hydrogens is 789 g/mol. The van der Waals surface area contributed by atoms with Crippen LogP contribution in [0.1, 0.15) is 0 Å². The van der Waals surface area contributed by atoms with E-state index in [2.05, 4.69) is 180 Å². The summed E-state index contributed by atoms with van der Waals surface area (Å²) in [5.74, 6) is 1.86. The van der Waals surface area contributed by atoms with Crippen LogP contribution in [-0.4, -0.2) is 19.5 Å². The molecule has 0 amide bonds. The number of hydrogen-bond acceptors (Lipinski definition) is 5. The first-order chi connectivity index (χ1) is 31.2. The van der Waals surface area contributed by atoms with Crippen molar-refractivity contribution in [3.05, 3.63) is 194 Å². The van der Waals surface area contributed by atoms with Crippen LogP contribution in [-0.2, 0) is 0 Å². The monoisotopic (exact) mass is 820 g/mol. The molecule has 10 aromatic carbocycles. The third-order valence-corrected chi connectivity index (χ3v) is 13.9. The predicted octanol–water partition coefficient (Wildman–Crippen LogP) is 15.7. The molecule has 0 spiro atoms. The summed E-state index contributed by atoms with van der Waals surface area (Å²) in [5, 5.41) is 14.2. The Kier molecular flexibility index (Phi) is 7.21. The molecule has 0 fully saturated rings. The molecule has 6 heteroatoms. The summed E-state index contributed by atoms with van der Waals surface area (Å²) >= 11 is 1.79. The number of furan rings is 1. The van der Waals surface area contributed by atoms with Gasteiger partial charge in [-0.15, -0.1) is 11.3 Å². The minimum Gasteiger partial charge on any atom is -0.456 e. The van der Waals surface area contributed by atoms with Crippen molar-refractivity contribution in [1.29, 1.82) is 0 Å². The number of benzene rings is 10. The number of nitrogens with zero attached hydrogens (tertiary/aromatic N) is 4. The SMILES string of the molecule is c1ccc(-c2nc(-c3ccc4c(c3)oc3ccc5ccc(-n6c7cc8ccccc8cc7c7ccc8ccccc8c76)cc5c34)nc(-c3cccc4sc5ccccc5c34)n2)cc1. The first-order valence-electron chi connectivity index (χ1n) is 21.2. The first-order valence-corrected chi connectivity index (χ1v) is 22.0. The molecule has 14 rings (SSSR count). The smallest absolute Gasteiger partial charge is 0.164 e. The van der Waals surface area contributed by atoms with Crippen LogP contribution in [0.4, 0.5) is 0 Å². The summed E-state index contributed by atoms with van der Waals surface area (Å²) in [4.78, 5) is 15.4. The number of aromatic nitrogens is 4. The topological polar surface area (TPSA) is 56.7 Å². The molecule has 0 aliphatic carbocycles. The summed E-state index contributed by atoms with van der Waals surface area (Å²) in [6.45, 7) is 0. The summed E-state index contributed by atoms with van der Waals surface area (Å²) in [5.41, 5.74) is 7.89. The summed E-state index contributed by atoms with van der Waals surface area (Å²) < 4.78 is 11.7. The van der Waals surface area contributed by atoms with Gasteiger partial charge in [-0.1, -0.05) is 140 Å². The fourth-order valence-electron chi connectivity index (χ4n) is 9.89. The van der Waals surface area contributed by atoms with E-state index in [1.165, 1.54) is 58.1 Å². The highest BCUT2D eigenvalue weighted by atomic mass is 32.1. The molecule has 0 bridgehead atoms. The van der Waals surface area contributed by atoms with Crippen molar-refractivity contribution in [3.63, 3.8) is 0 Å². The molecule has 0 N–H and O–H groups in total. The third-order valence-electron chi connectivity index (χ3n) is 12.8. The molecule has 0 aliphatic rings. The molecule has 5 nitrogen and oxygen atoms in total. The van der Waals surface area contributed by atoms with Gasteiger partial charge < -0.3 is 8.98 Å². The van der Waals surface area contributed by atoms with Gasteiger partial charge in [0.15, 0.2) is 17.5 Å². The van der Waals surface area contributed by atoms with Crippen molar-refractivity contribution in [2.45, 2.75) is 0 Å². The highest BCUT2D eigenvalue weighted by molar-refractivity contribution is 7.25. The van der Waals surface area contributed by atoms with Crippen molar-refractivity contribution < 1.29 is 4.42 Å². The minimum atomic E-state index is 0.594.